The number of fused-ring (bicyclic) bond motifs is 1. The van der Waals surface area contributed by atoms with Crippen molar-refractivity contribution in [1.82, 2.24) is 4.90 Å². The van der Waals surface area contributed by atoms with Crippen molar-refractivity contribution < 1.29 is 18.0 Å². The van der Waals surface area contributed by atoms with Crippen LogP contribution in [0.3, 0.4) is 0 Å². The van der Waals surface area contributed by atoms with E-state index in [1.165, 1.54) is 0 Å². The molecular formula is C12H14N2O4S. The number of carbonyl (C=O) groups excluding carboxylic acids is 2. The lowest BCUT2D eigenvalue weighted by atomic mass is 10.1. The standard InChI is InChI=1S/C12H14N2O4S/c1-8(6-7-19(13,17)18)14-11(15)9-4-2-3-5-10(9)12(14)16/h2-5,8H,6-7H2,1H3,(H2,13,17,18). The first-order valence-electron chi connectivity index (χ1n) is 5.78. The summed E-state index contributed by atoms with van der Waals surface area (Å²) in [6.45, 7) is 1.63. The van der Waals surface area contributed by atoms with Gasteiger partial charge < -0.3 is 0 Å². The molecule has 0 bridgehead atoms. The van der Waals surface area contributed by atoms with E-state index in [4.69, 9.17) is 5.14 Å². The fourth-order valence-electron chi connectivity index (χ4n) is 2.07. The Morgan fingerprint density at radius 3 is 2.05 bits per heavy atom. The molecule has 0 radical (unpaired) electrons. The Balaban J connectivity index is 2.20. The number of nitrogens with two attached hydrogens (primary N) is 1. The number of hydrogen-bond donors (Lipinski definition) is 1. The Bertz CT molecular complexity index is 604. The molecule has 1 heterocycles. The third-order valence-corrected chi connectivity index (χ3v) is 3.89. The van der Waals surface area contributed by atoms with Gasteiger partial charge >= 0.3 is 0 Å². The van der Waals surface area contributed by atoms with Gasteiger partial charge in [-0.2, -0.15) is 0 Å². The number of hydrogen-bond acceptors (Lipinski definition) is 4. The van der Waals surface area contributed by atoms with E-state index in [9.17, 15) is 18.0 Å². The number of amides is 2. The SMILES string of the molecule is CC(CCS(N)(=O)=O)N1C(=O)c2ccccc2C1=O. The van der Waals surface area contributed by atoms with E-state index in [0.29, 0.717) is 11.1 Å². The predicted molar refractivity (Wildman–Crippen MR) is 69.0 cm³/mol. The van der Waals surface area contributed by atoms with Gasteiger partial charge in [0.25, 0.3) is 11.8 Å². The highest BCUT2D eigenvalue weighted by Gasteiger charge is 2.38. The van der Waals surface area contributed by atoms with Crippen LogP contribution in [0.2, 0.25) is 0 Å². The van der Waals surface area contributed by atoms with Crippen LogP contribution in [-0.4, -0.2) is 36.9 Å². The van der Waals surface area contributed by atoms with E-state index in [2.05, 4.69) is 0 Å². The van der Waals surface area contributed by atoms with Gasteiger partial charge in [-0.15, -0.1) is 0 Å². The molecule has 19 heavy (non-hydrogen) atoms. The lowest BCUT2D eigenvalue weighted by molar-refractivity contribution is 0.0594. The van der Waals surface area contributed by atoms with Crippen LogP contribution in [0.5, 0.6) is 0 Å². The van der Waals surface area contributed by atoms with Crippen molar-refractivity contribution in [2.75, 3.05) is 5.75 Å². The summed E-state index contributed by atoms with van der Waals surface area (Å²) >= 11 is 0. The molecule has 1 atom stereocenters. The third kappa shape index (κ3) is 2.66. The van der Waals surface area contributed by atoms with Gasteiger partial charge in [0.15, 0.2) is 0 Å². The maximum absolute atomic E-state index is 12.1. The van der Waals surface area contributed by atoms with Gasteiger partial charge in [-0.3, -0.25) is 14.5 Å². The molecule has 0 spiro atoms. The molecular weight excluding hydrogens is 268 g/mol. The van der Waals surface area contributed by atoms with Crippen LogP contribution in [0.4, 0.5) is 0 Å². The normalized spacial score (nSPS) is 16.6. The zero-order chi connectivity index (χ0) is 14.2. The quantitative estimate of drug-likeness (QED) is 0.806. The van der Waals surface area contributed by atoms with Gasteiger partial charge in [0.1, 0.15) is 0 Å². The second-order valence-electron chi connectivity index (χ2n) is 4.53. The van der Waals surface area contributed by atoms with E-state index in [0.717, 1.165) is 4.90 Å². The van der Waals surface area contributed by atoms with E-state index in [1.807, 2.05) is 0 Å². The number of primary sulfonamides is 1. The molecule has 7 heteroatoms. The van der Waals surface area contributed by atoms with Crippen molar-refractivity contribution in [3.63, 3.8) is 0 Å². The summed E-state index contributed by atoms with van der Waals surface area (Å²) in [7, 11) is -3.60. The Hall–Kier alpha value is -1.73. The average Bonchev–Trinajstić information content (AvgIpc) is 2.59. The molecule has 102 valence electrons. The molecule has 1 unspecified atom stereocenters. The van der Waals surface area contributed by atoms with Crippen molar-refractivity contribution in [3.05, 3.63) is 35.4 Å². The summed E-state index contributed by atoms with van der Waals surface area (Å²) in [6, 6.07) is 6.03. The molecule has 0 aromatic heterocycles. The smallest absolute Gasteiger partial charge is 0.261 e. The topological polar surface area (TPSA) is 97.5 Å². The zero-order valence-electron chi connectivity index (χ0n) is 10.4. The maximum Gasteiger partial charge on any atom is 0.261 e. The number of sulfonamides is 1. The molecule has 1 aliphatic heterocycles. The van der Waals surface area contributed by atoms with Gasteiger partial charge in [0, 0.05) is 6.04 Å². The van der Waals surface area contributed by atoms with E-state index in [-0.39, 0.29) is 24.0 Å². The second-order valence-corrected chi connectivity index (χ2v) is 6.26. The number of carbonyl (C=O) groups is 2. The minimum Gasteiger partial charge on any atom is -0.271 e. The van der Waals surface area contributed by atoms with E-state index < -0.39 is 16.1 Å². The van der Waals surface area contributed by atoms with Crippen molar-refractivity contribution >= 4 is 21.8 Å². The van der Waals surface area contributed by atoms with Crippen LogP contribution in [0.15, 0.2) is 24.3 Å². The molecule has 2 amide bonds. The molecule has 0 saturated carbocycles. The Morgan fingerprint density at radius 1 is 1.16 bits per heavy atom. The highest BCUT2D eigenvalue weighted by molar-refractivity contribution is 7.89. The minimum atomic E-state index is -3.60. The predicted octanol–water partition coefficient (Wildman–Crippen LogP) is 0.350. The number of nitrogens with zero attached hydrogens (tertiary/aromatic N) is 1. The van der Waals surface area contributed by atoms with Gasteiger partial charge in [-0.1, -0.05) is 12.1 Å². The van der Waals surface area contributed by atoms with Crippen LogP contribution < -0.4 is 5.14 Å². The summed E-state index contributed by atoms with van der Waals surface area (Å²) in [5.41, 5.74) is 0.713. The van der Waals surface area contributed by atoms with Crippen LogP contribution in [0, 0.1) is 0 Å². The summed E-state index contributed by atoms with van der Waals surface area (Å²) in [5.74, 6) is -1.04. The Morgan fingerprint density at radius 2 is 1.63 bits per heavy atom. The molecule has 1 aromatic rings. The lowest BCUT2D eigenvalue weighted by Gasteiger charge is -2.21. The molecule has 1 aromatic carbocycles. The molecule has 0 saturated heterocycles. The van der Waals surface area contributed by atoms with Gasteiger partial charge in [0.05, 0.1) is 16.9 Å². The van der Waals surface area contributed by atoms with Crippen LogP contribution in [-0.2, 0) is 10.0 Å². The first-order valence-corrected chi connectivity index (χ1v) is 7.50. The first-order chi connectivity index (χ1) is 8.81. The maximum atomic E-state index is 12.1. The van der Waals surface area contributed by atoms with Gasteiger partial charge in [-0.25, -0.2) is 13.6 Å². The first kappa shape index (κ1) is 13.7. The summed E-state index contributed by atoms with van der Waals surface area (Å²) < 4.78 is 21.8. The molecule has 0 aliphatic carbocycles. The largest absolute Gasteiger partial charge is 0.271 e. The number of imide groups is 1. The Kier molecular flexibility index (Phi) is 3.42. The Labute approximate surface area is 111 Å². The van der Waals surface area contributed by atoms with Crippen LogP contribution in [0.1, 0.15) is 34.1 Å². The average molecular weight is 282 g/mol. The highest BCUT2D eigenvalue weighted by Crippen LogP contribution is 2.25. The van der Waals surface area contributed by atoms with Crippen molar-refractivity contribution in [3.8, 4) is 0 Å². The van der Waals surface area contributed by atoms with Crippen molar-refractivity contribution in [1.29, 1.82) is 0 Å². The molecule has 2 rings (SSSR count). The summed E-state index contributed by atoms with van der Waals surface area (Å²) in [5, 5.41) is 4.92. The van der Waals surface area contributed by atoms with Crippen LogP contribution in [0.25, 0.3) is 0 Å². The minimum absolute atomic E-state index is 0.129. The van der Waals surface area contributed by atoms with Gasteiger partial charge in [0.2, 0.25) is 10.0 Å². The molecule has 6 nitrogen and oxygen atoms in total. The van der Waals surface area contributed by atoms with Crippen LogP contribution >= 0.6 is 0 Å². The zero-order valence-corrected chi connectivity index (χ0v) is 11.2. The monoisotopic (exact) mass is 282 g/mol. The van der Waals surface area contributed by atoms with E-state index >= 15 is 0 Å². The highest BCUT2D eigenvalue weighted by atomic mass is 32.2. The fourth-order valence-corrected chi connectivity index (χ4v) is 2.74. The lowest BCUT2D eigenvalue weighted by Crippen LogP contribution is -2.39. The number of benzene rings is 1. The molecule has 2 N–H and O–H groups in total. The van der Waals surface area contributed by atoms with Gasteiger partial charge in [-0.05, 0) is 25.5 Å². The second kappa shape index (κ2) is 4.75. The fraction of sp³-hybridized carbons (Fsp3) is 0.333. The van der Waals surface area contributed by atoms with E-state index in [1.54, 1.807) is 31.2 Å². The molecule has 0 fully saturated rings. The summed E-state index contributed by atoms with van der Waals surface area (Å²) in [6.07, 6.45) is 0.129. The third-order valence-electron chi connectivity index (χ3n) is 3.09. The summed E-state index contributed by atoms with van der Waals surface area (Å²) in [4.78, 5) is 25.3. The number of rotatable bonds is 4. The van der Waals surface area contributed by atoms with Crippen molar-refractivity contribution in [2.45, 2.75) is 19.4 Å². The van der Waals surface area contributed by atoms with Crippen molar-refractivity contribution in [2.24, 2.45) is 5.14 Å². The molecule has 1 aliphatic rings.